The summed E-state index contributed by atoms with van der Waals surface area (Å²) < 4.78 is 5.42. The molecule has 0 bridgehead atoms. The summed E-state index contributed by atoms with van der Waals surface area (Å²) in [6, 6.07) is 0. The minimum Gasteiger partial charge on any atom is -0.381 e. The first-order valence-corrected chi connectivity index (χ1v) is 8.40. The lowest BCUT2D eigenvalue weighted by molar-refractivity contribution is 0.186. The average molecular weight is 413 g/mol. The van der Waals surface area contributed by atoms with Crippen molar-refractivity contribution >= 4 is 41.7 Å². The van der Waals surface area contributed by atoms with Crippen LogP contribution in [0.15, 0.2) is 4.99 Å². The number of halogens is 1. The van der Waals surface area contributed by atoms with Gasteiger partial charge >= 0.3 is 0 Å². The molecule has 0 spiro atoms. The maximum absolute atomic E-state index is 5.42. The van der Waals surface area contributed by atoms with E-state index >= 15 is 0 Å². The third kappa shape index (κ3) is 5.26. The normalized spacial score (nSPS) is 27.6. The number of rotatable bonds is 3. The van der Waals surface area contributed by atoms with Gasteiger partial charge in [-0.3, -0.25) is 4.99 Å². The maximum Gasteiger partial charge on any atom is 0.193 e. The number of thioether (sulfide) groups is 1. The molecular weight excluding hydrogens is 385 g/mol. The van der Waals surface area contributed by atoms with Gasteiger partial charge in [0, 0.05) is 50.2 Å². The van der Waals surface area contributed by atoms with Crippen molar-refractivity contribution in [3.63, 3.8) is 0 Å². The Morgan fingerprint density at radius 3 is 2.90 bits per heavy atom. The van der Waals surface area contributed by atoms with E-state index in [0.717, 1.165) is 50.0 Å². The fourth-order valence-electron chi connectivity index (χ4n) is 2.58. The summed E-state index contributed by atoms with van der Waals surface area (Å²) in [7, 11) is 1.89. The maximum atomic E-state index is 5.42. The zero-order valence-corrected chi connectivity index (χ0v) is 15.9. The highest BCUT2D eigenvalue weighted by atomic mass is 127. The molecule has 20 heavy (non-hydrogen) atoms. The van der Waals surface area contributed by atoms with Crippen molar-refractivity contribution in [2.24, 2.45) is 16.8 Å². The standard InChI is InChI=1S/C14H27N3OS.HI/c1-11(2)13-9-17(5-7-19-13)14(15-3)16-8-12-4-6-18-10-12;/h11-13H,4-10H2,1-3H3,(H,15,16);1H. The molecule has 2 saturated heterocycles. The smallest absolute Gasteiger partial charge is 0.193 e. The van der Waals surface area contributed by atoms with Crippen LogP contribution < -0.4 is 5.32 Å². The lowest BCUT2D eigenvalue weighted by atomic mass is 10.1. The lowest BCUT2D eigenvalue weighted by Gasteiger charge is -2.36. The number of guanidine groups is 1. The predicted octanol–water partition coefficient (Wildman–Crippen LogP) is 2.29. The molecule has 0 aromatic rings. The topological polar surface area (TPSA) is 36.9 Å². The van der Waals surface area contributed by atoms with Crippen LogP contribution in [-0.2, 0) is 4.74 Å². The SMILES string of the molecule is CN=C(NCC1CCOC1)N1CCSC(C(C)C)C1.I. The van der Waals surface area contributed by atoms with Crippen molar-refractivity contribution in [2.75, 3.05) is 45.6 Å². The predicted molar refractivity (Wildman–Crippen MR) is 98.4 cm³/mol. The Morgan fingerprint density at radius 2 is 2.30 bits per heavy atom. The summed E-state index contributed by atoms with van der Waals surface area (Å²) in [5.41, 5.74) is 0. The monoisotopic (exact) mass is 413 g/mol. The van der Waals surface area contributed by atoms with E-state index in [1.807, 2.05) is 7.05 Å². The summed E-state index contributed by atoms with van der Waals surface area (Å²) >= 11 is 2.10. The van der Waals surface area contributed by atoms with E-state index in [1.54, 1.807) is 0 Å². The van der Waals surface area contributed by atoms with Crippen LogP contribution in [0.4, 0.5) is 0 Å². The molecule has 0 aromatic heterocycles. The fourth-order valence-corrected chi connectivity index (χ4v) is 3.88. The number of nitrogens with one attached hydrogen (secondary N) is 1. The van der Waals surface area contributed by atoms with E-state index < -0.39 is 0 Å². The van der Waals surface area contributed by atoms with Gasteiger partial charge < -0.3 is 15.0 Å². The van der Waals surface area contributed by atoms with Crippen molar-refractivity contribution in [2.45, 2.75) is 25.5 Å². The third-order valence-corrected chi connectivity index (χ3v) is 5.46. The van der Waals surface area contributed by atoms with E-state index in [4.69, 9.17) is 4.74 Å². The minimum absolute atomic E-state index is 0. The Hall–Kier alpha value is 0.310. The first kappa shape index (κ1) is 18.4. The van der Waals surface area contributed by atoms with E-state index in [1.165, 1.54) is 12.2 Å². The molecule has 2 rings (SSSR count). The molecule has 0 aliphatic carbocycles. The van der Waals surface area contributed by atoms with Crippen LogP contribution >= 0.6 is 35.7 Å². The first-order chi connectivity index (χ1) is 9.20. The van der Waals surface area contributed by atoms with Crippen molar-refractivity contribution in [3.05, 3.63) is 0 Å². The zero-order chi connectivity index (χ0) is 13.7. The Balaban J connectivity index is 0.00000200. The van der Waals surface area contributed by atoms with Crippen molar-refractivity contribution < 1.29 is 4.74 Å². The lowest BCUT2D eigenvalue weighted by Crippen LogP contribution is -2.49. The van der Waals surface area contributed by atoms with E-state index in [9.17, 15) is 0 Å². The quantitative estimate of drug-likeness (QED) is 0.438. The second-order valence-corrected chi connectivity index (χ2v) is 7.10. The summed E-state index contributed by atoms with van der Waals surface area (Å²) in [5.74, 6) is 3.65. The Labute approximate surface area is 144 Å². The number of hydrogen-bond donors (Lipinski definition) is 1. The summed E-state index contributed by atoms with van der Waals surface area (Å²) in [6.45, 7) is 9.65. The first-order valence-electron chi connectivity index (χ1n) is 7.35. The molecule has 6 heteroatoms. The molecule has 2 atom stereocenters. The molecule has 0 saturated carbocycles. The number of ether oxygens (including phenoxy) is 1. The van der Waals surface area contributed by atoms with Gasteiger partial charge in [-0.15, -0.1) is 24.0 Å². The third-order valence-electron chi connectivity index (χ3n) is 3.92. The molecule has 2 heterocycles. The molecule has 4 nitrogen and oxygen atoms in total. The average Bonchev–Trinajstić information content (AvgIpc) is 2.93. The van der Waals surface area contributed by atoms with Gasteiger partial charge in [0.1, 0.15) is 0 Å². The van der Waals surface area contributed by atoms with Crippen LogP contribution in [0, 0.1) is 11.8 Å². The molecule has 0 radical (unpaired) electrons. The van der Waals surface area contributed by atoms with E-state index in [2.05, 4.69) is 40.8 Å². The molecular formula is C14H28IN3OS. The molecule has 0 amide bonds. The van der Waals surface area contributed by atoms with Crippen molar-refractivity contribution in [3.8, 4) is 0 Å². The van der Waals surface area contributed by atoms with Crippen LogP contribution in [0.5, 0.6) is 0 Å². The largest absolute Gasteiger partial charge is 0.381 e. The van der Waals surface area contributed by atoms with Crippen LogP contribution in [0.1, 0.15) is 20.3 Å². The highest BCUT2D eigenvalue weighted by molar-refractivity contribution is 14.0. The number of hydrogen-bond acceptors (Lipinski definition) is 3. The summed E-state index contributed by atoms with van der Waals surface area (Å²) in [5, 5.41) is 4.25. The molecule has 0 aromatic carbocycles. The minimum atomic E-state index is 0. The Bertz CT molecular complexity index is 309. The van der Waals surface area contributed by atoms with Gasteiger partial charge in [0.25, 0.3) is 0 Å². The van der Waals surface area contributed by atoms with Crippen LogP contribution in [0.2, 0.25) is 0 Å². The molecule has 2 aliphatic heterocycles. The van der Waals surface area contributed by atoms with Gasteiger partial charge in [-0.1, -0.05) is 13.8 Å². The van der Waals surface area contributed by atoms with Crippen molar-refractivity contribution in [1.82, 2.24) is 10.2 Å². The molecule has 2 fully saturated rings. The molecule has 2 unspecified atom stereocenters. The van der Waals surface area contributed by atoms with Gasteiger partial charge in [-0.2, -0.15) is 11.8 Å². The van der Waals surface area contributed by atoms with Gasteiger partial charge in [0.05, 0.1) is 6.61 Å². The van der Waals surface area contributed by atoms with Crippen LogP contribution in [0.25, 0.3) is 0 Å². The number of aliphatic imine (C=N–C) groups is 1. The Kier molecular flexibility index (Phi) is 8.59. The van der Waals surface area contributed by atoms with Gasteiger partial charge in [0.2, 0.25) is 0 Å². The van der Waals surface area contributed by atoms with Gasteiger partial charge in [-0.05, 0) is 12.3 Å². The van der Waals surface area contributed by atoms with Crippen LogP contribution in [-0.4, -0.2) is 61.8 Å². The summed E-state index contributed by atoms with van der Waals surface area (Å²) in [4.78, 5) is 6.86. The van der Waals surface area contributed by atoms with Crippen molar-refractivity contribution in [1.29, 1.82) is 0 Å². The fraction of sp³-hybridized carbons (Fsp3) is 0.929. The van der Waals surface area contributed by atoms with E-state index in [-0.39, 0.29) is 24.0 Å². The van der Waals surface area contributed by atoms with Gasteiger partial charge in [0.15, 0.2) is 5.96 Å². The van der Waals surface area contributed by atoms with Gasteiger partial charge in [-0.25, -0.2) is 0 Å². The van der Waals surface area contributed by atoms with E-state index in [0.29, 0.717) is 5.92 Å². The molecule has 1 N–H and O–H groups in total. The number of nitrogens with zero attached hydrogens (tertiary/aromatic N) is 2. The highest BCUT2D eigenvalue weighted by Crippen LogP contribution is 2.24. The second kappa shape index (κ2) is 9.35. The van der Waals surface area contributed by atoms with Crippen LogP contribution in [0.3, 0.4) is 0 Å². The summed E-state index contributed by atoms with van der Waals surface area (Å²) in [6.07, 6.45) is 1.18. The highest BCUT2D eigenvalue weighted by Gasteiger charge is 2.25. The molecule has 2 aliphatic rings. The Morgan fingerprint density at radius 1 is 1.50 bits per heavy atom. The molecule has 118 valence electrons. The zero-order valence-electron chi connectivity index (χ0n) is 12.8. The second-order valence-electron chi connectivity index (χ2n) is 5.76.